The molecule has 7 nitrogen and oxygen atoms in total. The number of benzene rings is 1. The highest BCUT2D eigenvalue weighted by molar-refractivity contribution is 7.92. The standard InChI is InChI=1S/C14H17F3N2O5S/c15-14(16,17)25(23,24)11-4-5-12(13(9-11)19(21)22)18-7-2-1-3-10(18)6-8-20/h4-5,9-10,20H,1-3,6-8H2. The predicted molar refractivity (Wildman–Crippen MR) is 83.0 cm³/mol. The van der Waals surface area contributed by atoms with Gasteiger partial charge in [-0.3, -0.25) is 10.1 Å². The van der Waals surface area contributed by atoms with Crippen LogP contribution in [0.15, 0.2) is 23.1 Å². The van der Waals surface area contributed by atoms with Crippen molar-refractivity contribution in [1.82, 2.24) is 0 Å². The highest BCUT2D eigenvalue weighted by atomic mass is 32.2. The first-order valence-corrected chi connectivity index (χ1v) is 9.05. The van der Waals surface area contributed by atoms with E-state index in [-0.39, 0.29) is 18.3 Å². The van der Waals surface area contributed by atoms with Gasteiger partial charge in [-0.15, -0.1) is 0 Å². The van der Waals surface area contributed by atoms with Crippen molar-refractivity contribution in [2.45, 2.75) is 42.1 Å². The number of aliphatic hydroxyl groups is 1. The summed E-state index contributed by atoms with van der Waals surface area (Å²) in [5.41, 5.74) is -6.17. The van der Waals surface area contributed by atoms with E-state index in [1.54, 1.807) is 4.90 Å². The topological polar surface area (TPSA) is 101 Å². The lowest BCUT2D eigenvalue weighted by atomic mass is 9.98. The molecule has 0 amide bonds. The van der Waals surface area contributed by atoms with E-state index in [0.29, 0.717) is 25.5 Å². The van der Waals surface area contributed by atoms with E-state index in [1.165, 1.54) is 0 Å². The third kappa shape index (κ3) is 3.87. The lowest BCUT2D eigenvalue weighted by molar-refractivity contribution is -0.384. The Hall–Kier alpha value is -1.88. The van der Waals surface area contributed by atoms with Crippen molar-refractivity contribution in [2.75, 3.05) is 18.1 Å². The van der Waals surface area contributed by atoms with Crippen LogP contribution >= 0.6 is 0 Å². The zero-order valence-corrected chi connectivity index (χ0v) is 13.9. The summed E-state index contributed by atoms with van der Waals surface area (Å²) in [5, 5.41) is 20.4. The van der Waals surface area contributed by atoms with Gasteiger partial charge < -0.3 is 10.0 Å². The summed E-state index contributed by atoms with van der Waals surface area (Å²) in [5.74, 6) is 0. The van der Waals surface area contributed by atoms with Gasteiger partial charge in [-0.05, 0) is 37.8 Å². The van der Waals surface area contributed by atoms with Crippen molar-refractivity contribution in [1.29, 1.82) is 0 Å². The van der Waals surface area contributed by atoms with E-state index in [9.17, 15) is 31.7 Å². The number of sulfone groups is 1. The quantitative estimate of drug-likeness (QED) is 0.621. The molecule has 1 heterocycles. The molecule has 0 bridgehead atoms. The second kappa shape index (κ2) is 7.16. The molecule has 1 saturated heterocycles. The Kier molecular flexibility index (Phi) is 5.57. The molecule has 0 aromatic heterocycles. The van der Waals surface area contributed by atoms with Gasteiger partial charge in [-0.2, -0.15) is 13.2 Å². The van der Waals surface area contributed by atoms with Gasteiger partial charge in [0.1, 0.15) is 5.69 Å². The molecule has 1 fully saturated rings. The maximum Gasteiger partial charge on any atom is 0.501 e. The van der Waals surface area contributed by atoms with Crippen LogP contribution in [0.2, 0.25) is 0 Å². The number of alkyl halides is 3. The fourth-order valence-electron chi connectivity index (χ4n) is 2.96. The van der Waals surface area contributed by atoms with Gasteiger partial charge in [0.15, 0.2) is 0 Å². The second-order valence-electron chi connectivity index (χ2n) is 5.71. The van der Waals surface area contributed by atoms with Gasteiger partial charge in [0.2, 0.25) is 0 Å². The Morgan fingerprint density at radius 3 is 2.56 bits per heavy atom. The van der Waals surface area contributed by atoms with Crippen LogP contribution in [0.3, 0.4) is 0 Å². The van der Waals surface area contributed by atoms with Crippen molar-refractivity contribution in [2.24, 2.45) is 0 Å². The van der Waals surface area contributed by atoms with E-state index < -0.39 is 30.9 Å². The molecule has 1 unspecified atom stereocenters. The fraction of sp³-hybridized carbons (Fsp3) is 0.571. The molecule has 0 aliphatic carbocycles. The Labute approximate surface area is 142 Å². The molecule has 11 heteroatoms. The van der Waals surface area contributed by atoms with Crippen LogP contribution in [0.5, 0.6) is 0 Å². The summed E-state index contributed by atoms with van der Waals surface area (Å²) in [6.07, 6.45) is 2.65. The molecule has 1 aliphatic rings. The first-order valence-electron chi connectivity index (χ1n) is 7.57. The van der Waals surface area contributed by atoms with Crippen molar-refractivity contribution in [3.05, 3.63) is 28.3 Å². The molecule has 1 aliphatic heterocycles. The maximum atomic E-state index is 12.7. The molecular weight excluding hydrogens is 365 g/mol. The molecule has 25 heavy (non-hydrogen) atoms. The minimum Gasteiger partial charge on any atom is -0.396 e. The third-order valence-corrected chi connectivity index (χ3v) is 5.64. The summed E-state index contributed by atoms with van der Waals surface area (Å²) in [6.45, 7) is 0.312. The van der Waals surface area contributed by atoms with Crippen molar-refractivity contribution in [3.8, 4) is 0 Å². The first-order chi connectivity index (χ1) is 11.6. The number of nitro groups is 1. The lowest BCUT2D eigenvalue weighted by Crippen LogP contribution is -2.40. The van der Waals surface area contributed by atoms with Gasteiger partial charge in [-0.25, -0.2) is 8.42 Å². The molecular formula is C14H17F3N2O5S. The maximum absolute atomic E-state index is 12.7. The Balaban J connectivity index is 2.52. The molecule has 0 spiro atoms. The highest BCUT2D eigenvalue weighted by Gasteiger charge is 2.47. The zero-order valence-electron chi connectivity index (χ0n) is 13.1. The summed E-state index contributed by atoms with van der Waals surface area (Å²) in [6, 6.07) is 2.02. The normalized spacial score (nSPS) is 19.0. The Morgan fingerprint density at radius 2 is 2.00 bits per heavy atom. The number of anilines is 1. The third-order valence-electron chi connectivity index (χ3n) is 4.16. The Morgan fingerprint density at radius 1 is 1.32 bits per heavy atom. The number of piperidine rings is 1. The van der Waals surface area contributed by atoms with Crippen molar-refractivity contribution < 1.29 is 31.6 Å². The van der Waals surface area contributed by atoms with Crippen LogP contribution < -0.4 is 4.90 Å². The molecule has 1 aromatic carbocycles. The number of aliphatic hydroxyl groups excluding tert-OH is 1. The first kappa shape index (κ1) is 19.4. The largest absolute Gasteiger partial charge is 0.501 e. The van der Waals surface area contributed by atoms with Crippen LogP contribution in [-0.4, -0.2) is 43.1 Å². The van der Waals surface area contributed by atoms with Gasteiger partial charge in [0, 0.05) is 25.3 Å². The minimum absolute atomic E-state index is 0.0595. The van der Waals surface area contributed by atoms with Crippen molar-refractivity contribution >= 4 is 21.2 Å². The minimum atomic E-state index is -5.67. The molecule has 1 atom stereocenters. The zero-order chi connectivity index (χ0) is 18.8. The van der Waals surface area contributed by atoms with Gasteiger partial charge in [0.05, 0.1) is 9.82 Å². The summed E-state index contributed by atoms with van der Waals surface area (Å²) in [4.78, 5) is 10.9. The van der Waals surface area contributed by atoms with Crippen LogP contribution in [-0.2, 0) is 9.84 Å². The highest BCUT2D eigenvalue weighted by Crippen LogP contribution is 2.38. The average molecular weight is 382 g/mol. The molecule has 2 rings (SSSR count). The van der Waals surface area contributed by atoms with E-state index >= 15 is 0 Å². The predicted octanol–water partition coefficient (Wildman–Crippen LogP) is 2.63. The van der Waals surface area contributed by atoms with Crippen LogP contribution in [0.25, 0.3) is 0 Å². The van der Waals surface area contributed by atoms with E-state index in [0.717, 1.165) is 25.0 Å². The lowest BCUT2D eigenvalue weighted by Gasteiger charge is -2.37. The second-order valence-corrected chi connectivity index (χ2v) is 7.65. The number of rotatable bonds is 5. The fourth-order valence-corrected chi connectivity index (χ4v) is 3.74. The van der Waals surface area contributed by atoms with Gasteiger partial charge in [0.25, 0.3) is 15.5 Å². The smallest absolute Gasteiger partial charge is 0.396 e. The van der Waals surface area contributed by atoms with Gasteiger partial charge >= 0.3 is 5.51 Å². The molecule has 1 N–H and O–H groups in total. The van der Waals surface area contributed by atoms with E-state index in [1.807, 2.05) is 0 Å². The molecule has 0 radical (unpaired) electrons. The number of hydrogen-bond acceptors (Lipinski definition) is 6. The van der Waals surface area contributed by atoms with Crippen LogP contribution in [0, 0.1) is 10.1 Å². The monoisotopic (exact) mass is 382 g/mol. The van der Waals surface area contributed by atoms with Crippen LogP contribution in [0.4, 0.5) is 24.5 Å². The van der Waals surface area contributed by atoms with E-state index in [2.05, 4.69) is 0 Å². The summed E-state index contributed by atoms with van der Waals surface area (Å²) in [7, 11) is -5.67. The number of hydrogen-bond donors (Lipinski definition) is 1. The van der Waals surface area contributed by atoms with E-state index in [4.69, 9.17) is 5.11 Å². The molecule has 140 valence electrons. The molecule has 1 aromatic rings. The SMILES string of the molecule is O=[N+]([O-])c1cc(S(=O)(=O)C(F)(F)F)ccc1N1CCCCC1CCO. The van der Waals surface area contributed by atoms with Crippen LogP contribution in [0.1, 0.15) is 25.7 Å². The number of halogens is 3. The Bertz CT molecular complexity index is 749. The van der Waals surface area contributed by atoms with Crippen molar-refractivity contribution in [3.63, 3.8) is 0 Å². The molecule has 0 saturated carbocycles. The summed E-state index contributed by atoms with van der Waals surface area (Å²) >= 11 is 0. The number of nitro benzene ring substituents is 1. The average Bonchev–Trinajstić information content (AvgIpc) is 2.54. The summed E-state index contributed by atoms with van der Waals surface area (Å²) < 4.78 is 61.0. The van der Waals surface area contributed by atoms with Gasteiger partial charge in [-0.1, -0.05) is 0 Å². The number of nitrogens with zero attached hydrogens (tertiary/aromatic N) is 2.